The molecule has 60 valence electrons. The maximum absolute atomic E-state index is 12.7. The Labute approximate surface area is 56.2 Å². The van der Waals surface area contributed by atoms with Gasteiger partial charge in [0.25, 0.3) is 0 Å². The molecule has 1 saturated carbocycles. The molecule has 10 heavy (non-hydrogen) atoms. The molecule has 0 spiro atoms. The third kappa shape index (κ3) is 1.11. The van der Waals surface area contributed by atoms with Gasteiger partial charge in [-0.3, -0.25) is 0 Å². The van der Waals surface area contributed by atoms with Gasteiger partial charge in [-0.05, 0) is 19.8 Å². The maximum atomic E-state index is 12.7. The van der Waals surface area contributed by atoms with E-state index in [1.807, 2.05) is 0 Å². The lowest BCUT2D eigenvalue weighted by atomic mass is 10.0. The van der Waals surface area contributed by atoms with Gasteiger partial charge in [0, 0.05) is 5.92 Å². The second-order valence-electron chi connectivity index (χ2n) is 2.85. The molecule has 1 rings (SSSR count). The smallest absolute Gasteiger partial charge is 0.234 e. The van der Waals surface area contributed by atoms with Crippen molar-refractivity contribution in [3.8, 4) is 0 Å². The third-order valence-electron chi connectivity index (χ3n) is 1.90. The van der Waals surface area contributed by atoms with Crippen LogP contribution in [-0.2, 0) is 0 Å². The molecule has 0 bridgehead atoms. The Kier molecular flexibility index (Phi) is 1.45. The summed E-state index contributed by atoms with van der Waals surface area (Å²) in [5, 5.41) is 0. The van der Waals surface area contributed by atoms with Crippen LogP contribution in [0.4, 0.5) is 17.6 Å². The fraction of sp³-hybridized carbons (Fsp3) is 1.00. The monoisotopic (exact) mass is 156 g/mol. The number of halogens is 4. The summed E-state index contributed by atoms with van der Waals surface area (Å²) in [6.45, 7) is 0.616. The average molecular weight is 156 g/mol. The van der Waals surface area contributed by atoms with E-state index in [4.69, 9.17) is 0 Å². The molecule has 1 atom stereocenters. The van der Waals surface area contributed by atoms with Crippen LogP contribution < -0.4 is 0 Å². The Hall–Kier alpha value is -0.280. The molecule has 1 fully saturated rings. The molecule has 0 amide bonds. The molecule has 0 saturated heterocycles. The van der Waals surface area contributed by atoms with Gasteiger partial charge in [-0.2, -0.15) is 13.2 Å². The van der Waals surface area contributed by atoms with E-state index in [0.29, 0.717) is 19.8 Å². The molecule has 1 unspecified atom stereocenters. The molecule has 0 heterocycles. The average Bonchev–Trinajstić information content (AvgIpc) is 2.38. The summed E-state index contributed by atoms with van der Waals surface area (Å²) in [5.41, 5.74) is -2.95. The molecule has 0 aromatic heterocycles. The number of rotatable bonds is 1. The van der Waals surface area contributed by atoms with Gasteiger partial charge in [0.15, 0.2) is 0 Å². The van der Waals surface area contributed by atoms with Crippen LogP contribution in [0.25, 0.3) is 0 Å². The standard InChI is InChI=1S/C6H8F4/c1-5(7,4-2-3-4)6(8,9)10/h4H,2-3H2,1H3. The molecule has 0 aliphatic heterocycles. The molecule has 0 aromatic carbocycles. The van der Waals surface area contributed by atoms with Crippen molar-refractivity contribution < 1.29 is 17.6 Å². The van der Waals surface area contributed by atoms with E-state index in [9.17, 15) is 17.6 Å². The molecule has 0 aromatic rings. The van der Waals surface area contributed by atoms with E-state index in [1.54, 1.807) is 0 Å². The van der Waals surface area contributed by atoms with Crippen LogP contribution in [0.2, 0.25) is 0 Å². The van der Waals surface area contributed by atoms with Crippen molar-refractivity contribution in [3.05, 3.63) is 0 Å². The molecule has 0 radical (unpaired) electrons. The van der Waals surface area contributed by atoms with Gasteiger partial charge in [-0.25, -0.2) is 4.39 Å². The number of hydrogen-bond acceptors (Lipinski definition) is 0. The SMILES string of the molecule is CC(F)(C1CC1)C(F)(F)F. The van der Waals surface area contributed by atoms with Crippen LogP contribution in [0.3, 0.4) is 0 Å². The van der Waals surface area contributed by atoms with Crippen molar-refractivity contribution in [3.63, 3.8) is 0 Å². The van der Waals surface area contributed by atoms with Crippen molar-refractivity contribution in [1.82, 2.24) is 0 Å². The summed E-state index contributed by atoms with van der Waals surface area (Å²) < 4.78 is 47.9. The molecular formula is C6H8F4. The van der Waals surface area contributed by atoms with E-state index < -0.39 is 17.8 Å². The van der Waals surface area contributed by atoms with E-state index in [-0.39, 0.29) is 0 Å². The van der Waals surface area contributed by atoms with Gasteiger partial charge in [-0.1, -0.05) is 0 Å². The third-order valence-corrected chi connectivity index (χ3v) is 1.90. The highest BCUT2D eigenvalue weighted by atomic mass is 19.4. The van der Waals surface area contributed by atoms with Gasteiger partial charge in [-0.15, -0.1) is 0 Å². The molecule has 1 aliphatic carbocycles. The second kappa shape index (κ2) is 1.86. The molecule has 4 heteroatoms. The lowest BCUT2D eigenvalue weighted by Crippen LogP contribution is -2.39. The van der Waals surface area contributed by atoms with E-state index in [2.05, 4.69) is 0 Å². The van der Waals surface area contributed by atoms with E-state index >= 15 is 0 Å². The van der Waals surface area contributed by atoms with Gasteiger partial charge >= 0.3 is 6.18 Å². The lowest BCUT2D eigenvalue weighted by Gasteiger charge is -2.22. The summed E-state index contributed by atoms with van der Waals surface area (Å²) in [7, 11) is 0. The van der Waals surface area contributed by atoms with E-state index in [1.165, 1.54) is 0 Å². The Morgan fingerprint density at radius 3 is 1.60 bits per heavy atom. The van der Waals surface area contributed by atoms with Crippen LogP contribution in [0, 0.1) is 5.92 Å². The van der Waals surface area contributed by atoms with Crippen molar-refractivity contribution >= 4 is 0 Å². The van der Waals surface area contributed by atoms with Crippen molar-refractivity contribution in [2.75, 3.05) is 0 Å². The normalized spacial score (nSPS) is 26.1. The first-order valence-electron chi connectivity index (χ1n) is 3.11. The molecule has 1 aliphatic rings. The number of alkyl halides is 4. The molecule has 0 nitrogen and oxygen atoms in total. The quantitative estimate of drug-likeness (QED) is 0.512. The van der Waals surface area contributed by atoms with Crippen molar-refractivity contribution in [2.45, 2.75) is 31.6 Å². The minimum atomic E-state index is -4.69. The highest BCUT2D eigenvalue weighted by Gasteiger charge is 2.60. The van der Waals surface area contributed by atoms with Crippen LogP contribution in [0.1, 0.15) is 19.8 Å². The highest BCUT2D eigenvalue weighted by molar-refractivity contribution is 4.96. The second-order valence-corrected chi connectivity index (χ2v) is 2.85. The summed E-state index contributed by atoms with van der Waals surface area (Å²) in [5.74, 6) is -0.785. The Morgan fingerprint density at radius 1 is 1.10 bits per heavy atom. The zero-order valence-electron chi connectivity index (χ0n) is 5.50. The van der Waals surface area contributed by atoms with Gasteiger partial charge in [0.2, 0.25) is 5.67 Å². The topological polar surface area (TPSA) is 0 Å². The maximum Gasteiger partial charge on any atom is 0.422 e. The first-order chi connectivity index (χ1) is 4.36. The minimum Gasteiger partial charge on any atom is -0.234 e. The predicted octanol–water partition coefficient (Wildman–Crippen LogP) is 2.69. The first-order valence-corrected chi connectivity index (χ1v) is 3.11. The summed E-state index contributed by atoms with van der Waals surface area (Å²) >= 11 is 0. The zero-order valence-corrected chi connectivity index (χ0v) is 5.50. The van der Waals surface area contributed by atoms with Gasteiger partial charge < -0.3 is 0 Å². The van der Waals surface area contributed by atoms with Crippen molar-refractivity contribution in [2.24, 2.45) is 5.92 Å². The van der Waals surface area contributed by atoms with Crippen molar-refractivity contribution in [1.29, 1.82) is 0 Å². The fourth-order valence-corrected chi connectivity index (χ4v) is 0.857. The molecule has 0 N–H and O–H groups in total. The first kappa shape index (κ1) is 7.82. The summed E-state index contributed by atoms with van der Waals surface area (Å²) in [6.07, 6.45) is -3.95. The Bertz CT molecular complexity index is 131. The van der Waals surface area contributed by atoms with Crippen LogP contribution in [-0.4, -0.2) is 11.8 Å². The number of hydrogen-bond donors (Lipinski definition) is 0. The zero-order chi connectivity index (χ0) is 7.99. The Balaban J connectivity index is 2.66. The summed E-state index contributed by atoms with van der Waals surface area (Å²) in [6, 6.07) is 0. The fourth-order valence-electron chi connectivity index (χ4n) is 0.857. The highest BCUT2D eigenvalue weighted by Crippen LogP contribution is 2.50. The van der Waals surface area contributed by atoms with Crippen LogP contribution >= 0.6 is 0 Å². The predicted molar refractivity (Wildman–Crippen MR) is 28.3 cm³/mol. The van der Waals surface area contributed by atoms with Gasteiger partial charge in [0.1, 0.15) is 0 Å². The van der Waals surface area contributed by atoms with Gasteiger partial charge in [0.05, 0.1) is 0 Å². The van der Waals surface area contributed by atoms with E-state index in [0.717, 1.165) is 0 Å². The minimum absolute atomic E-state index is 0.368. The Morgan fingerprint density at radius 2 is 1.50 bits per heavy atom. The lowest BCUT2D eigenvalue weighted by molar-refractivity contribution is -0.231. The molecular weight excluding hydrogens is 148 g/mol. The van der Waals surface area contributed by atoms with Crippen LogP contribution in [0.5, 0.6) is 0 Å². The summed E-state index contributed by atoms with van der Waals surface area (Å²) in [4.78, 5) is 0. The largest absolute Gasteiger partial charge is 0.422 e. The van der Waals surface area contributed by atoms with Crippen LogP contribution in [0.15, 0.2) is 0 Å².